The molecule has 170 valence electrons. The van der Waals surface area contributed by atoms with Gasteiger partial charge in [-0.3, -0.25) is 4.79 Å². The van der Waals surface area contributed by atoms with Gasteiger partial charge in [0.05, 0.1) is 13.2 Å². The summed E-state index contributed by atoms with van der Waals surface area (Å²) in [5.74, 6) is -0.125. The van der Waals surface area contributed by atoms with Gasteiger partial charge in [0.15, 0.2) is 0 Å². The van der Waals surface area contributed by atoms with Gasteiger partial charge in [-0.15, -0.1) is 11.3 Å². The van der Waals surface area contributed by atoms with E-state index in [0.29, 0.717) is 5.57 Å². The molecule has 0 aliphatic carbocycles. The van der Waals surface area contributed by atoms with Crippen molar-refractivity contribution in [3.63, 3.8) is 0 Å². The number of morpholine rings is 1. The molecule has 34 heavy (non-hydrogen) atoms. The summed E-state index contributed by atoms with van der Waals surface area (Å²) in [5.41, 5.74) is 5.73. The van der Waals surface area contributed by atoms with Crippen LogP contribution in [-0.4, -0.2) is 32.2 Å². The van der Waals surface area contributed by atoms with E-state index in [1.54, 1.807) is 11.3 Å². The molecule has 0 saturated carbocycles. The van der Waals surface area contributed by atoms with Crippen LogP contribution in [-0.2, 0) is 9.53 Å². The Kier molecular flexibility index (Phi) is 6.84. The zero-order chi connectivity index (χ0) is 23.2. The van der Waals surface area contributed by atoms with Gasteiger partial charge in [0.2, 0.25) is 0 Å². The molecule has 0 unspecified atom stereocenters. The average Bonchev–Trinajstić information content (AvgIpc) is 3.42. The number of nitrogens with zero attached hydrogens (tertiary/aromatic N) is 1. The number of rotatable bonds is 6. The van der Waals surface area contributed by atoms with Gasteiger partial charge in [-0.2, -0.15) is 0 Å². The van der Waals surface area contributed by atoms with E-state index in [1.165, 1.54) is 0 Å². The fourth-order valence-electron chi connectivity index (χ4n) is 4.04. The normalized spacial score (nSPS) is 14.1. The second-order valence-corrected chi connectivity index (χ2v) is 9.10. The number of anilines is 2. The summed E-state index contributed by atoms with van der Waals surface area (Å²) in [6.07, 6.45) is 1.96. The first-order valence-corrected chi connectivity index (χ1v) is 12.3. The molecule has 0 atom stereocenters. The Bertz CT molecular complexity index is 1240. The minimum atomic E-state index is -0.125. The topological polar surface area (TPSA) is 41.6 Å². The second kappa shape index (κ2) is 10.5. The zero-order valence-electron chi connectivity index (χ0n) is 18.8. The highest BCUT2D eigenvalue weighted by Crippen LogP contribution is 2.27. The standard InChI is InChI=1S/C29H26N2O2S/c32-29(30-25-12-14-26(15-13-25)31-16-18-33-19-17-31)28(21-27-7-4-20-34-27)24-10-8-23(9-11-24)22-5-2-1-3-6-22/h1-15,20-21H,16-19H2,(H,30,32)/b28-21+. The van der Waals surface area contributed by atoms with Crippen molar-refractivity contribution in [3.05, 3.63) is 107 Å². The summed E-state index contributed by atoms with van der Waals surface area (Å²) in [6, 6.07) is 30.5. The molecule has 4 aromatic rings. The minimum absolute atomic E-state index is 0.125. The number of nitrogens with one attached hydrogen (secondary N) is 1. The van der Waals surface area contributed by atoms with E-state index in [0.717, 1.165) is 59.2 Å². The van der Waals surface area contributed by atoms with Gasteiger partial charge in [0.1, 0.15) is 0 Å². The van der Waals surface area contributed by atoms with Crippen LogP contribution in [0.2, 0.25) is 0 Å². The lowest BCUT2D eigenvalue weighted by Gasteiger charge is -2.28. The predicted octanol–water partition coefficient (Wildman–Crippen LogP) is 6.43. The molecule has 0 spiro atoms. The SMILES string of the molecule is O=C(Nc1ccc(N2CCOCC2)cc1)/C(=C/c1cccs1)c1ccc(-c2ccccc2)cc1. The lowest BCUT2D eigenvalue weighted by Crippen LogP contribution is -2.36. The van der Waals surface area contributed by atoms with Crippen molar-refractivity contribution in [3.8, 4) is 11.1 Å². The predicted molar refractivity (Wildman–Crippen MR) is 142 cm³/mol. The maximum atomic E-state index is 13.4. The van der Waals surface area contributed by atoms with Crippen LogP contribution < -0.4 is 10.2 Å². The molecule has 3 aromatic carbocycles. The number of thiophene rings is 1. The maximum Gasteiger partial charge on any atom is 0.256 e. The van der Waals surface area contributed by atoms with Crippen LogP contribution in [0, 0.1) is 0 Å². The van der Waals surface area contributed by atoms with Crippen molar-refractivity contribution in [2.24, 2.45) is 0 Å². The van der Waals surface area contributed by atoms with Crippen molar-refractivity contribution < 1.29 is 9.53 Å². The van der Waals surface area contributed by atoms with E-state index in [-0.39, 0.29) is 5.91 Å². The van der Waals surface area contributed by atoms with E-state index in [9.17, 15) is 4.79 Å². The Hall–Kier alpha value is -3.67. The molecule has 1 saturated heterocycles. The molecule has 1 aliphatic rings. The second-order valence-electron chi connectivity index (χ2n) is 8.12. The molecular weight excluding hydrogens is 440 g/mol. The van der Waals surface area contributed by atoms with E-state index < -0.39 is 0 Å². The summed E-state index contributed by atoms with van der Waals surface area (Å²) in [7, 11) is 0. The van der Waals surface area contributed by atoms with Crippen LogP contribution in [0.5, 0.6) is 0 Å². The quantitative estimate of drug-likeness (QED) is 0.333. The van der Waals surface area contributed by atoms with Crippen LogP contribution in [0.15, 0.2) is 96.4 Å². The van der Waals surface area contributed by atoms with Gasteiger partial charge in [-0.1, -0.05) is 60.7 Å². The maximum absolute atomic E-state index is 13.4. The first-order valence-electron chi connectivity index (χ1n) is 11.4. The molecule has 1 fully saturated rings. The van der Waals surface area contributed by atoms with Gasteiger partial charge in [0, 0.05) is 34.9 Å². The summed E-state index contributed by atoms with van der Waals surface area (Å²) in [6.45, 7) is 3.27. The smallest absolute Gasteiger partial charge is 0.256 e. The first-order chi connectivity index (χ1) is 16.8. The Morgan fingerprint density at radius 1 is 0.824 bits per heavy atom. The third-order valence-electron chi connectivity index (χ3n) is 5.88. The molecule has 4 nitrogen and oxygen atoms in total. The number of hydrogen-bond donors (Lipinski definition) is 1. The summed E-state index contributed by atoms with van der Waals surface area (Å²) < 4.78 is 5.44. The minimum Gasteiger partial charge on any atom is -0.378 e. The number of carbonyl (C=O) groups is 1. The van der Waals surface area contributed by atoms with E-state index in [1.807, 2.05) is 66.1 Å². The van der Waals surface area contributed by atoms with Gasteiger partial charge >= 0.3 is 0 Å². The van der Waals surface area contributed by atoms with Crippen molar-refractivity contribution in [1.29, 1.82) is 0 Å². The molecule has 1 amide bonds. The van der Waals surface area contributed by atoms with Gasteiger partial charge in [0.25, 0.3) is 5.91 Å². The number of benzene rings is 3. The van der Waals surface area contributed by atoms with Crippen LogP contribution in [0.3, 0.4) is 0 Å². The Morgan fingerprint density at radius 3 is 2.21 bits per heavy atom. The highest BCUT2D eigenvalue weighted by atomic mass is 32.1. The van der Waals surface area contributed by atoms with Crippen LogP contribution in [0.1, 0.15) is 10.4 Å². The van der Waals surface area contributed by atoms with E-state index >= 15 is 0 Å². The average molecular weight is 467 g/mol. The number of hydrogen-bond acceptors (Lipinski definition) is 4. The van der Waals surface area contributed by atoms with Gasteiger partial charge < -0.3 is 15.0 Å². The number of carbonyl (C=O) groups excluding carboxylic acids is 1. The molecule has 2 heterocycles. The van der Waals surface area contributed by atoms with Crippen LogP contribution in [0.4, 0.5) is 11.4 Å². The van der Waals surface area contributed by atoms with Crippen molar-refractivity contribution in [1.82, 2.24) is 0 Å². The molecule has 1 aromatic heterocycles. The van der Waals surface area contributed by atoms with Crippen LogP contribution >= 0.6 is 11.3 Å². The highest BCUT2D eigenvalue weighted by molar-refractivity contribution is 7.11. The van der Waals surface area contributed by atoms with Gasteiger partial charge in [-0.25, -0.2) is 0 Å². The molecule has 5 heteroatoms. The number of ether oxygens (including phenoxy) is 1. The molecule has 0 bridgehead atoms. The lowest BCUT2D eigenvalue weighted by molar-refractivity contribution is -0.111. The summed E-state index contributed by atoms with van der Waals surface area (Å²) in [4.78, 5) is 16.7. The fraction of sp³-hybridized carbons (Fsp3) is 0.138. The lowest BCUT2D eigenvalue weighted by atomic mass is 9.99. The Labute approximate surface area is 204 Å². The van der Waals surface area contributed by atoms with Crippen LogP contribution in [0.25, 0.3) is 22.8 Å². The third-order valence-corrected chi connectivity index (χ3v) is 6.70. The molecular formula is C29H26N2O2S. The highest BCUT2D eigenvalue weighted by Gasteiger charge is 2.15. The van der Waals surface area contributed by atoms with Crippen molar-refractivity contribution in [2.45, 2.75) is 0 Å². The largest absolute Gasteiger partial charge is 0.378 e. The fourth-order valence-corrected chi connectivity index (χ4v) is 4.70. The third kappa shape index (κ3) is 5.28. The zero-order valence-corrected chi connectivity index (χ0v) is 19.6. The van der Waals surface area contributed by atoms with Crippen molar-refractivity contribution >= 4 is 40.3 Å². The van der Waals surface area contributed by atoms with E-state index in [2.05, 4.69) is 46.6 Å². The molecule has 1 N–H and O–H groups in total. The molecule has 5 rings (SSSR count). The molecule has 1 aliphatic heterocycles. The monoisotopic (exact) mass is 466 g/mol. The van der Waals surface area contributed by atoms with Crippen molar-refractivity contribution in [2.75, 3.05) is 36.5 Å². The summed E-state index contributed by atoms with van der Waals surface area (Å²) >= 11 is 1.62. The Balaban J connectivity index is 1.37. The summed E-state index contributed by atoms with van der Waals surface area (Å²) in [5, 5.41) is 5.10. The molecule has 0 radical (unpaired) electrons. The van der Waals surface area contributed by atoms with Gasteiger partial charge in [-0.05, 0) is 58.5 Å². The van der Waals surface area contributed by atoms with E-state index in [4.69, 9.17) is 4.74 Å². The first kappa shape index (κ1) is 22.1. The Morgan fingerprint density at radius 2 is 1.53 bits per heavy atom. The number of amides is 1.